The van der Waals surface area contributed by atoms with Crippen LogP contribution < -0.4 is 10.2 Å². The number of quaternary nitrogens is 1. The predicted octanol–water partition coefficient (Wildman–Crippen LogP) is 0.00650. The van der Waals surface area contributed by atoms with Crippen molar-refractivity contribution in [2.75, 3.05) is 32.8 Å². The molecule has 0 radical (unpaired) electrons. The van der Waals surface area contributed by atoms with E-state index in [9.17, 15) is 4.79 Å². The van der Waals surface area contributed by atoms with E-state index in [1.165, 1.54) is 15.9 Å². The molecule has 1 aromatic heterocycles. The summed E-state index contributed by atoms with van der Waals surface area (Å²) >= 11 is 1.75. The quantitative estimate of drug-likeness (QED) is 0.738. The van der Waals surface area contributed by atoms with Gasteiger partial charge in [-0.1, -0.05) is 12.6 Å². The Morgan fingerprint density at radius 1 is 1.61 bits per heavy atom. The highest BCUT2D eigenvalue weighted by atomic mass is 32.1. The van der Waals surface area contributed by atoms with Gasteiger partial charge in [-0.05, 0) is 17.5 Å². The van der Waals surface area contributed by atoms with Gasteiger partial charge in [-0.3, -0.25) is 4.79 Å². The third kappa shape index (κ3) is 3.41. The van der Waals surface area contributed by atoms with Crippen LogP contribution in [0.2, 0.25) is 0 Å². The zero-order valence-corrected chi connectivity index (χ0v) is 11.2. The number of hydrogen-bond donors (Lipinski definition) is 2. The van der Waals surface area contributed by atoms with Crippen LogP contribution in [0.4, 0.5) is 0 Å². The second kappa shape index (κ2) is 6.68. The van der Waals surface area contributed by atoms with Crippen LogP contribution in [0, 0.1) is 0 Å². The van der Waals surface area contributed by atoms with Gasteiger partial charge < -0.3 is 15.0 Å². The standard InChI is InChI=1S/C13H18N2O2S/c1-2-13(16)14-10-11(12-4-3-9-18-12)15-5-7-17-8-6-15/h2-4,9,11H,1,5-8,10H2,(H,14,16)/p+1/t11-/m1/s1. The van der Waals surface area contributed by atoms with Gasteiger partial charge in [-0.2, -0.15) is 0 Å². The maximum absolute atomic E-state index is 11.3. The lowest BCUT2D eigenvalue weighted by Crippen LogP contribution is -3.15. The van der Waals surface area contributed by atoms with Crippen molar-refractivity contribution in [1.29, 1.82) is 0 Å². The highest BCUT2D eigenvalue weighted by Gasteiger charge is 2.27. The monoisotopic (exact) mass is 267 g/mol. The summed E-state index contributed by atoms with van der Waals surface area (Å²) in [4.78, 5) is 14.1. The van der Waals surface area contributed by atoms with Crippen molar-refractivity contribution >= 4 is 17.2 Å². The summed E-state index contributed by atoms with van der Waals surface area (Å²) in [7, 11) is 0. The van der Waals surface area contributed by atoms with E-state index >= 15 is 0 Å². The van der Waals surface area contributed by atoms with E-state index in [1.807, 2.05) is 0 Å². The molecule has 2 rings (SSSR count). The largest absolute Gasteiger partial charge is 0.370 e. The number of carbonyl (C=O) groups excluding carboxylic acids is 1. The second-order valence-electron chi connectivity index (χ2n) is 4.29. The Hall–Kier alpha value is -1.17. The summed E-state index contributed by atoms with van der Waals surface area (Å²) in [5, 5.41) is 4.99. The summed E-state index contributed by atoms with van der Waals surface area (Å²) in [5.74, 6) is -0.107. The van der Waals surface area contributed by atoms with E-state index in [4.69, 9.17) is 4.74 Å². The smallest absolute Gasteiger partial charge is 0.243 e. The number of nitrogens with one attached hydrogen (secondary N) is 2. The van der Waals surface area contributed by atoms with E-state index < -0.39 is 0 Å². The minimum absolute atomic E-state index is 0.107. The fourth-order valence-corrected chi connectivity index (χ4v) is 3.08. The molecule has 1 fully saturated rings. The Kier molecular flexibility index (Phi) is 4.92. The molecule has 1 amide bonds. The molecule has 1 saturated heterocycles. The summed E-state index contributed by atoms with van der Waals surface area (Å²) in [6.07, 6.45) is 1.32. The number of carbonyl (C=O) groups is 1. The van der Waals surface area contributed by atoms with E-state index in [1.54, 1.807) is 11.3 Å². The van der Waals surface area contributed by atoms with Gasteiger partial charge in [0.05, 0.1) is 24.6 Å². The third-order valence-corrected chi connectivity index (χ3v) is 4.17. The number of thiophene rings is 1. The van der Waals surface area contributed by atoms with Crippen LogP contribution in [0.1, 0.15) is 10.9 Å². The van der Waals surface area contributed by atoms with Crippen LogP contribution >= 0.6 is 11.3 Å². The third-order valence-electron chi connectivity index (χ3n) is 3.18. The molecule has 1 atom stereocenters. The molecule has 0 saturated carbocycles. The molecule has 0 unspecified atom stereocenters. The van der Waals surface area contributed by atoms with Crippen molar-refractivity contribution in [3.05, 3.63) is 35.0 Å². The minimum atomic E-state index is -0.107. The van der Waals surface area contributed by atoms with Gasteiger partial charge in [0.1, 0.15) is 19.1 Å². The van der Waals surface area contributed by atoms with Gasteiger partial charge >= 0.3 is 0 Å². The second-order valence-corrected chi connectivity index (χ2v) is 5.27. The lowest BCUT2D eigenvalue weighted by atomic mass is 10.2. The summed E-state index contributed by atoms with van der Waals surface area (Å²) in [6, 6.07) is 4.51. The number of hydrogen-bond acceptors (Lipinski definition) is 3. The minimum Gasteiger partial charge on any atom is -0.370 e. The first-order chi connectivity index (χ1) is 8.81. The van der Waals surface area contributed by atoms with Gasteiger partial charge in [-0.15, -0.1) is 11.3 Å². The SMILES string of the molecule is C=CC(=O)NC[C@H](c1cccs1)[NH+]1CCOCC1. The maximum Gasteiger partial charge on any atom is 0.243 e. The zero-order valence-electron chi connectivity index (χ0n) is 10.4. The van der Waals surface area contributed by atoms with Crippen LogP contribution in [0.15, 0.2) is 30.2 Å². The van der Waals surface area contributed by atoms with E-state index in [0.29, 0.717) is 12.6 Å². The maximum atomic E-state index is 11.3. The normalized spacial score (nSPS) is 18.2. The molecule has 2 N–H and O–H groups in total. The van der Waals surface area contributed by atoms with Crippen molar-refractivity contribution in [2.45, 2.75) is 6.04 Å². The summed E-state index contributed by atoms with van der Waals surface area (Å²) in [5.41, 5.74) is 0. The van der Waals surface area contributed by atoms with E-state index in [2.05, 4.69) is 29.4 Å². The summed E-state index contributed by atoms with van der Waals surface area (Å²) in [6.45, 7) is 7.71. The molecule has 1 aromatic rings. The average Bonchev–Trinajstić information content (AvgIpc) is 2.94. The molecule has 0 bridgehead atoms. The Morgan fingerprint density at radius 2 is 2.39 bits per heavy atom. The number of morpholine rings is 1. The van der Waals surface area contributed by atoms with Gasteiger partial charge in [0, 0.05) is 0 Å². The van der Waals surface area contributed by atoms with Crippen LogP contribution in [0.5, 0.6) is 0 Å². The van der Waals surface area contributed by atoms with Crippen molar-refractivity contribution in [2.24, 2.45) is 0 Å². The Morgan fingerprint density at radius 3 is 3.00 bits per heavy atom. The van der Waals surface area contributed by atoms with Crippen LogP contribution in [-0.4, -0.2) is 38.8 Å². The Bertz CT molecular complexity index is 386. The molecule has 0 spiro atoms. The Labute approximate surface area is 111 Å². The number of ether oxygens (including phenoxy) is 1. The topological polar surface area (TPSA) is 42.8 Å². The van der Waals surface area contributed by atoms with Gasteiger partial charge in [-0.25, -0.2) is 0 Å². The number of amides is 1. The highest BCUT2D eigenvalue weighted by molar-refractivity contribution is 7.10. The number of rotatable bonds is 5. The Balaban J connectivity index is 2.02. The average molecular weight is 267 g/mol. The van der Waals surface area contributed by atoms with Crippen molar-refractivity contribution in [3.8, 4) is 0 Å². The molecule has 18 heavy (non-hydrogen) atoms. The molecular formula is C13H19N2O2S+. The van der Waals surface area contributed by atoms with Crippen molar-refractivity contribution < 1.29 is 14.4 Å². The first-order valence-corrected chi connectivity index (χ1v) is 7.05. The molecule has 1 aliphatic heterocycles. The molecular weight excluding hydrogens is 248 g/mol. The fraction of sp³-hybridized carbons (Fsp3) is 0.462. The molecule has 0 aromatic carbocycles. The van der Waals surface area contributed by atoms with E-state index in [-0.39, 0.29) is 5.91 Å². The fourth-order valence-electron chi connectivity index (χ4n) is 2.19. The molecule has 4 nitrogen and oxygen atoms in total. The first-order valence-electron chi connectivity index (χ1n) is 6.17. The highest BCUT2D eigenvalue weighted by Crippen LogP contribution is 2.16. The van der Waals surface area contributed by atoms with Crippen molar-refractivity contribution in [1.82, 2.24) is 5.32 Å². The molecule has 1 aliphatic rings. The zero-order chi connectivity index (χ0) is 12.8. The molecule has 98 valence electrons. The van der Waals surface area contributed by atoms with Gasteiger partial charge in [0.15, 0.2) is 0 Å². The lowest BCUT2D eigenvalue weighted by Gasteiger charge is -2.31. The van der Waals surface area contributed by atoms with Gasteiger partial charge in [0.2, 0.25) is 5.91 Å². The molecule has 2 heterocycles. The first kappa shape index (κ1) is 13.3. The van der Waals surface area contributed by atoms with Crippen LogP contribution in [0.3, 0.4) is 0 Å². The lowest BCUT2D eigenvalue weighted by molar-refractivity contribution is -0.937. The summed E-state index contributed by atoms with van der Waals surface area (Å²) < 4.78 is 5.39. The van der Waals surface area contributed by atoms with Crippen molar-refractivity contribution in [3.63, 3.8) is 0 Å². The van der Waals surface area contributed by atoms with Crippen LogP contribution in [0.25, 0.3) is 0 Å². The molecule has 5 heteroatoms. The van der Waals surface area contributed by atoms with Gasteiger partial charge in [0.25, 0.3) is 0 Å². The van der Waals surface area contributed by atoms with Crippen LogP contribution in [-0.2, 0) is 9.53 Å². The molecule has 0 aliphatic carbocycles. The van der Waals surface area contributed by atoms with E-state index in [0.717, 1.165) is 26.3 Å². The predicted molar refractivity (Wildman–Crippen MR) is 71.8 cm³/mol.